The number of nitrogens with one attached hydrogen (secondary N) is 1. The molecule has 1 aliphatic heterocycles. The third kappa shape index (κ3) is 6.65. The molecule has 0 unspecified atom stereocenters. The molecule has 0 aliphatic carbocycles. The highest BCUT2D eigenvalue weighted by Crippen LogP contribution is 2.13. The first kappa shape index (κ1) is 17.4. The molecule has 1 fully saturated rings. The van der Waals surface area contributed by atoms with Crippen LogP contribution in [0.25, 0.3) is 0 Å². The van der Waals surface area contributed by atoms with Gasteiger partial charge in [0.15, 0.2) is 0 Å². The van der Waals surface area contributed by atoms with Crippen LogP contribution in [0.4, 0.5) is 0 Å². The molecular weight excluding hydrogens is 260 g/mol. The van der Waals surface area contributed by atoms with Crippen LogP contribution in [0, 0.1) is 0 Å². The second-order valence-corrected chi connectivity index (χ2v) is 5.41. The maximum atomic E-state index is 11.6. The van der Waals surface area contributed by atoms with E-state index in [-0.39, 0.29) is 24.7 Å². The normalized spacial score (nSPS) is 25.4. The van der Waals surface area contributed by atoms with Crippen LogP contribution >= 0.6 is 0 Å². The summed E-state index contributed by atoms with van der Waals surface area (Å²) in [6.45, 7) is 9.77. The van der Waals surface area contributed by atoms with Gasteiger partial charge >= 0.3 is 0 Å². The molecule has 6 heteroatoms. The van der Waals surface area contributed by atoms with Gasteiger partial charge in [-0.25, -0.2) is 0 Å². The lowest BCUT2D eigenvalue weighted by atomic mass is 10.2. The molecule has 1 rings (SSSR count). The molecule has 1 aliphatic rings. The van der Waals surface area contributed by atoms with Crippen LogP contribution in [-0.2, 0) is 19.0 Å². The van der Waals surface area contributed by atoms with Gasteiger partial charge in [0, 0.05) is 32.8 Å². The highest BCUT2D eigenvalue weighted by molar-refractivity contribution is 5.77. The Labute approximate surface area is 121 Å². The van der Waals surface area contributed by atoms with E-state index in [2.05, 4.69) is 31.0 Å². The number of hydrogen-bond donors (Lipinski definition) is 1. The summed E-state index contributed by atoms with van der Waals surface area (Å²) in [6, 6.07) is 0.298. The third-order valence-corrected chi connectivity index (χ3v) is 3.33. The Balaban J connectivity index is 2.18. The van der Waals surface area contributed by atoms with Crippen molar-refractivity contribution in [3.05, 3.63) is 0 Å². The summed E-state index contributed by atoms with van der Waals surface area (Å²) in [6.07, 6.45) is 0.489. The first-order valence-corrected chi connectivity index (χ1v) is 7.25. The summed E-state index contributed by atoms with van der Waals surface area (Å²) in [7, 11) is 1.61. The van der Waals surface area contributed by atoms with Gasteiger partial charge in [-0.1, -0.05) is 0 Å². The Hall–Kier alpha value is -0.690. The molecule has 1 amide bonds. The molecule has 20 heavy (non-hydrogen) atoms. The van der Waals surface area contributed by atoms with Gasteiger partial charge in [0.1, 0.15) is 6.61 Å². The minimum Gasteiger partial charge on any atom is -0.382 e. The fourth-order valence-corrected chi connectivity index (χ4v) is 2.33. The Bertz CT molecular complexity index is 278. The number of methoxy groups -OCH3 is 1. The number of morpholine rings is 1. The largest absolute Gasteiger partial charge is 0.382 e. The van der Waals surface area contributed by atoms with E-state index in [4.69, 9.17) is 14.2 Å². The van der Waals surface area contributed by atoms with Crippen LogP contribution in [0.1, 0.15) is 20.8 Å². The molecule has 0 radical (unpaired) electrons. The minimum atomic E-state index is -0.0812. The molecule has 118 valence electrons. The lowest BCUT2D eigenvalue weighted by molar-refractivity contribution is -0.126. The molecule has 0 aromatic carbocycles. The molecule has 0 spiro atoms. The SMILES string of the molecule is COCCOCC(=O)NC[C@@H](C)N1C[C@@H](C)O[C@@H](C)C1. The van der Waals surface area contributed by atoms with Gasteiger partial charge in [0.2, 0.25) is 5.91 Å². The van der Waals surface area contributed by atoms with Crippen molar-refractivity contribution in [3.8, 4) is 0 Å². The Morgan fingerprint density at radius 1 is 1.35 bits per heavy atom. The number of nitrogens with zero attached hydrogens (tertiary/aromatic N) is 1. The summed E-state index contributed by atoms with van der Waals surface area (Å²) in [4.78, 5) is 14.0. The maximum Gasteiger partial charge on any atom is 0.246 e. The first-order valence-electron chi connectivity index (χ1n) is 7.25. The molecule has 6 nitrogen and oxygen atoms in total. The Kier molecular flexibility index (Phi) is 8.06. The molecule has 0 aromatic heterocycles. The quantitative estimate of drug-likeness (QED) is 0.649. The van der Waals surface area contributed by atoms with E-state index in [1.54, 1.807) is 7.11 Å². The van der Waals surface area contributed by atoms with Crippen molar-refractivity contribution >= 4 is 5.91 Å². The minimum absolute atomic E-state index is 0.0812. The van der Waals surface area contributed by atoms with Gasteiger partial charge in [-0.15, -0.1) is 0 Å². The van der Waals surface area contributed by atoms with Gasteiger partial charge in [-0.3, -0.25) is 9.69 Å². The summed E-state index contributed by atoms with van der Waals surface area (Å²) >= 11 is 0. The summed E-state index contributed by atoms with van der Waals surface area (Å²) in [5.74, 6) is -0.0812. The standard InChI is InChI=1S/C14H28N2O4/c1-11(16-8-12(2)20-13(3)9-16)7-15-14(17)10-19-6-5-18-4/h11-13H,5-10H2,1-4H3,(H,15,17)/t11-,12-,13+/m1/s1. The number of amides is 1. The number of carbonyl (C=O) groups is 1. The molecular formula is C14H28N2O4. The fraction of sp³-hybridized carbons (Fsp3) is 0.929. The molecule has 1 heterocycles. The van der Waals surface area contributed by atoms with E-state index in [1.807, 2.05) is 0 Å². The Morgan fingerprint density at radius 3 is 2.60 bits per heavy atom. The average Bonchev–Trinajstić information content (AvgIpc) is 2.40. The van der Waals surface area contributed by atoms with Crippen LogP contribution in [0.3, 0.4) is 0 Å². The zero-order chi connectivity index (χ0) is 15.0. The van der Waals surface area contributed by atoms with Crippen LogP contribution in [0.15, 0.2) is 0 Å². The average molecular weight is 288 g/mol. The van der Waals surface area contributed by atoms with Crippen molar-refractivity contribution in [2.45, 2.75) is 39.0 Å². The highest BCUT2D eigenvalue weighted by Gasteiger charge is 2.25. The topological polar surface area (TPSA) is 60.0 Å². The van der Waals surface area contributed by atoms with Crippen LogP contribution < -0.4 is 5.32 Å². The zero-order valence-electron chi connectivity index (χ0n) is 13.1. The third-order valence-electron chi connectivity index (χ3n) is 3.33. The summed E-state index contributed by atoms with van der Waals surface area (Å²) in [5.41, 5.74) is 0. The van der Waals surface area contributed by atoms with Crippen LogP contribution in [0.5, 0.6) is 0 Å². The van der Waals surface area contributed by atoms with Crippen molar-refractivity contribution < 1.29 is 19.0 Å². The second kappa shape index (κ2) is 9.28. The molecule has 3 atom stereocenters. The van der Waals surface area contributed by atoms with E-state index in [0.717, 1.165) is 13.1 Å². The van der Waals surface area contributed by atoms with Crippen LogP contribution in [0.2, 0.25) is 0 Å². The maximum absolute atomic E-state index is 11.6. The van der Waals surface area contributed by atoms with Gasteiger partial charge in [0.25, 0.3) is 0 Å². The Morgan fingerprint density at radius 2 is 2.00 bits per heavy atom. The molecule has 1 saturated heterocycles. The van der Waals surface area contributed by atoms with E-state index in [9.17, 15) is 4.79 Å². The van der Waals surface area contributed by atoms with Crippen molar-refractivity contribution in [1.82, 2.24) is 10.2 Å². The summed E-state index contributed by atoms with van der Waals surface area (Å²) in [5, 5.41) is 2.90. The molecule has 0 aromatic rings. The first-order chi connectivity index (χ1) is 9.52. The van der Waals surface area contributed by atoms with Crippen LogP contribution in [-0.4, -0.2) is 75.6 Å². The molecule has 1 N–H and O–H groups in total. The van der Waals surface area contributed by atoms with Crippen molar-refractivity contribution in [1.29, 1.82) is 0 Å². The number of hydrogen-bond acceptors (Lipinski definition) is 5. The van der Waals surface area contributed by atoms with Crippen molar-refractivity contribution in [2.24, 2.45) is 0 Å². The number of carbonyl (C=O) groups excluding carboxylic acids is 1. The smallest absolute Gasteiger partial charge is 0.246 e. The van der Waals surface area contributed by atoms with Gasteiger partial charge in [-0.2, -0.15) is 0 Å². The zero-order valence-corrected chi connectivity index (χ0v) is 13.1. The molecule has 0 bridgehead atoms. The van der Waals surface area contributed by atoms with E-state index in [1.165, 1.54) is 0 Å². The predicted molar refractivity (Wildman–Crippen MR) is 76.7 cm³/mol. The molecule has 0 saturated carbocycles. The highest BCUT2D eigenvalue weighted by atomic mass is 16.5. The fourth-order valence-electron chi connectivity index (χ4n) is 2.33. The summed E-state index contributed by atoms with van der Waals surface area (Å²) < 4.78 is 15.7. The van der Waals surface area contributed by atoms with Crippen molar-refractivity contribution in [3.63, 3.8) is 0 Å². The van der Waals surface area contributed by atoms with E-state index < -0.39 is 0 Å². The van der Waals surface area contributed by atoms with E-state index >= 15 is 0 Å². The monoisotopic (exact) mass is 288 g/mol. The van der Waals surface area contributed by atoms with Gasteiger partial charge in [0.05, 0.1) is 25.4 Å². The lowest BCUT2D eigenvalue weighted by Crippen LogP contribution is -2.52. The number of rotatable bonds is 8. The predicted octanol–water partition coefficient (Wildman–Crippen LogP) is 0.263. The number of ether oxygens (including phenoxy) is 3. The van der Waals surface area contributed by atoms with Crippen molar-refractivity contribution in [2.75, 3.05) is 46.6 Å². The van der Waals surface area contributed by atoms with Gasteiger partial charge < -0.3 is 19.5 Å². The van der Waals surface area contributed by atoms with E-state index in [0.29, 0.717) is 25.8 Å². The lowest BCUT2D eigenvalue weighted by Gasteiger charge is -2.38. The second-order valence-electron chi connectivity index (χ2n) is 5.41. The van der Waals surface area contributed by atoms with Gasteiger partial charge in [-0.05, 0) is 20.8 Å².